The van der Waals surface area contributed by atoms with Crippen LogP contribution in [0.3, 0.4) is 0 Å². The lowest BCUT2D eigenvalue weighted by Crippen LogP contribution is -2.50. The Kier molecular flexibility index (Phi) is 7.76. The number of benzene rings is 2. The molecule has 2 aromatic rings. The molecule has 9 heteroatoms. The predicted octanol–water partition coefficient (Wildman–Crippen LogP) is 3.13. The molecule has 1 heterocycles. The monoisotopic (exact) mass is 478 g/mol. The normalized spacial score (nSPS) is 21.3. The molecule has 7 nitrogen and oxygen atoms in total. The Morgan fingerprint density at radius 1 is 1.24 bits per heavy atom. The lowest BCUT2D eigenvalue weighted by atomic mass is 10.0. The molecular weight excluding hydrogens is 447 g/mol. The molecule has 1 amide bonds. The van der Waals surface area contributed by atoms with Crippen LogP contribution < -0.4 is 4.74 Å². The van der Waals surface area contributed by atoms with Crippen LogP contribution in [0, 0.1) is 11.7 Å². The first-order valence-corrected chi connectivity index (χ1v) is 12.5. The predicted molar refractivity (Wildman–Crippen MR) is 124 cm³/mol. The number of ether oxygens (including phenoxy) is 1. The van der Waals surface area contributed by atoms with Crippen molar-refractivity contribution >= 4 is 15.9 Å². The summed E-state index contributed by atoms with van der Waals surface area (Å²) in [5.41, 5.74) is 1.39. The zero-order valence-electron chi connectivity index (χ0n) is 19.4. The van der Waals surface area contributed by atoms with E-state index in [1.807, 2.05) is 6.92 Å². The van der Waals surface area contributed by atoms with E-state index in [-0.39, 0.29) is 48.0 Å². The number of amides is 1. The number of aliphatic hydroxyl groups is 1. The van der Waals surface area contributed by atoms with Gasteiger partial charge in [-0.3, -0.25) is 4.79 Å². The standard InChI is InChI=1S/C24H31FN2O5S/c1-5-24(29)26(4)14-22-16(2)13-27(17(3)15-28)33(30,31)23-11-8-19(12-21(23)32-22)18-6-9-20(25)10-7-18/h6-12,16-17,22,28H,5,13-15H2,1-4H3/t16-,17-,22+/m0/s1. The Morgan fingerprint density at radius 2 is 1.88 bits per heavy atom. The van der Waals surface area contributed by atoms with Crippen molar-refractivity contribution in [3.8, 4) is 16.9 Å². The quantitative estimate of drug-likeness (QED) is 0.689. The van der Waals surface area contributed by atoms with E-state index in [9.17, 15) is 22.7 Å². The van der Waals surface area contributed by atoms with Gasteiger partial charge in [0, 0.05) is 32.0 Å². The number of carbonyl (C=O) groups is 1. The molecule has 0 aromatic heterocycles. The fourth-order valence-corrected chi connectivity index (χ4v) is 5.73. The number of hydrogen-bond donors (Lipinski definition) is 1. The van der Waals surface area contributed by atoms with Crippen LogP contribution in [0.15, 0.2) is 47.4 Å². The van der Waals surface area contributed by atoms with Crippen molar-refractivity contribution in [3.05, 3.63) is 48.3 Å². The maximum Gasteiger partial charge on any atom is 0.247 e. The first-order chi connectivity index (χ1) is 15.6. The van der Waals surface area contributed by atoms with Crippen LogP contribution in [0.25, 0.3) is 11.1 Å². The van der Waals surface area contributed by atoms with E-state index in [1.165, 1.54) is 22.5 Å². The van der Waals surface area contributed by atoms with Crippen LogP contribution in [0.4, 0.5) is 4.39 Å². The fraction of sp³-hybridized carbons (Fsp3) is 0.458. The van der Waals surface area contributed by atoms with Gasteiger partial charge in [0.2, 0.25) is 15.9 Å². The van der Waals surface area contributed by atoms with Gasteiger partial charge in [0.15, 0.2) is 0 Å². The second-order valence-electron chi connectivity index (χ2n) is 8.54. The minimum Gasteiger partial charge on any atom is -0.487 e. The number of halogens is 1. The minimum absolute atomic E-state index is 0.00460. The summed E-state index contributed by atoms with van der Waals surface area (Å²) in [5, 5.41) is 9.73. The third kappa shape index (κ3) is 5.37. The Labute approximate surface area is 194 Å². The molecule has 2 aromatic carbocycles. The van der Waals surface area contributed by atoms with E-state index in [4.69, 9.17) is 4.74 Å². The Balaban J connectivity index is 2.11. The lowest BCUT2D eigenvalue weighted by molar-refractivity contribution is -0.131. The summed E-state index contributed by atoms with van der Waals surface area (Å²) in [7, 11) is -2.26. The highest BCUT2D eigenvalue weighted by atomic mass is 32.2. The van der Waals surface area contributed by atoms with Gasteiger partial charge in [0.25, 0.3) is 0 Å². The minimum atomic E-state index is -3.96. The third-order valence-corrected chi connectivity index (χ3v) is 8.05. The molecule has 0 saturated heterocycles. The molecule has 3 atom stereocenters. The second-order valence-corrected chi connectivity index (χ2v) is 10.4. The number of nitrogens with zero attached hydrogens (tertiary/aromatic N) is 2. The molecule has 0 aliphatic carbocycles. The Hall–Kier alpha value is -2.49. The summed E-state index contributed by atoms with van der Waals surface area (Å²) in [6, 6.07) is 10.0. The number of rotatable bonds is 6. The Morgan fingerprint density at radius 3 is 2.48 bits per heavy atom. The van der Waals surface area contributed by atoms with E-state index >= 15 is 0 Å². The molecule has 3 rings (SSSR count). The van der Waals surface area contributed by atoms with E-state index in [2.05, 4.69) is 0 Å². The third-order valence-electron chi connectivity index (χ3n) is 6.03. The molecule has 0 fully saturated rings. The average molecular weight is 479 g/mol. The van der Waals surface area contributed by atoms with Gasteiger partial charge in [0.05, 0.1) is 13.2 Å². The van der Waals surface area contributed by atoms with Crippen molar-refractivity contribution < 1.29 is 27.4 Å². The molecule has 0 spiro atoms. The van der Waals surface area contributed by atoms with Crippen LogP contribution in [0.5, 0.6) is 5.75 Å². The van der Waals surface area contributed by atoms with Gasteiger partial charge < -0.3 is 14.7 Å². The lowest BCUT2D eigenvalue weighted by Gasteiger charge is -2.37. The van der Waals surface area contributed by atoms with E-state index < -0.39 is 22.2 Å². The van der Waals surface area contributed by atoms with Crippen LogP contribution in [-0.2, 0) is 14.8 Å². The summed E-state index contributed by atoms with van der Waals surface area (Å²) >= 11 is 0. The SMILES string of the molecule is CCC(=O)N(C)C[C@H]1Oc2cc(-c3ccc(F)cc3)ccc2S(=O)(=O)N([C@@H](C)CO)C[C@@H]1C. The first-order valence-electron chi connectivity index (χ1n) is 11.0. The number of aliphatic hydroxyl groups excluding tert-OH is 1. The maximum atomic E-state index is 13.5. The van der Waals surface area contributed by atoms with Crippen molar-refractivity contribution in [2.75, 3.05) is 26.7 Å². The molecule has 0 bridgehead atoms. The number of sulfonamides is 1. The average Bonchev–Trinajstić information content (AvgIpc) is 2.80. The van der Waals surface area contributed by atoms with Gasteiger partial charge in [-0.25, -0.2) is 12.8 Å². The molecule has 0 unspecified atom stereocenters. The summed E-state index contributed by atoms with van der Waals surface area (Å²) < 4.78 is 48.0. The van der Waals surface area contributed by atoms with Gasteiger partial charge in [-0.05, 0) is 42.3 Å². The van der Waals surface area contributed by atoms with Crippen molar-refractivity contribution in [2.45, 2.75) is 44.2 Å². The van der Waals surface area contributed by atoms with Crippen molar-refractivity contribution in [3.63, 3.8) is 0 Å². The van der Waals surface area contributed by atoms with Crippen molar-refractivity contribution in [1.29, 1.82) is 0 Å². The molecule has 1 aliphatic rings. The zero-order chi connectivity index (χ0) is 24.3. The largest absolute Gasteiger partial charge is 0.487 e. The molecule has 1 N–H and O–H groups in total. The van der Waals surface area contributed by atoms with Gasteiger partial charge in [-0.1, -0.05) is 32.0 Å². The highest BCUT2D eigenvalue weighted by Crippen LogP contribution is 2.36. The van der Waals surface area contributed by atoms with E-state index in [0.29, 0.717) is 17.5 Å². The van der Waals surface area contributed by atoms with Crippen LogP contribution in [0.1, 0.15) is 27.2 Å². The topological polar surface area (TPSA) is 87.2 Å². The molecule has 33 heavy (non-hydrogen) atoms. The molecular formula is C24H31FN2O5S. The summed E-state index contributed by atoms with van der Waals surface area (Å²) in [6.07, 6.45) is -0.123. The maximum absolute atomic E-state index is 13.5. The first kappa shape index (κ1) is 25.1. The summed E-state index contributed by atoms with van der Waals surface area (Å²) in [5.74, 6) is -0.499. The van der Waals surface area contributed by atoms with Gasteiger partial charge in [-0.15, -0.1) is 0 Å². The molecule has 0 radical (unpaired) electrons. The molecule has 0 saturated carbocycles. The molecule has 1 aliphatic heterocycles. The number of carbonyl (C=O) groups excluding carboxylic acids is 1. The van der Waals surface area contributed by atoms with Crippen molar-refractivity contribution in [2.24, 2.45) is 5.92 Å². The van der Waals surface area contributed by atoms with E-state index in [0.717, 1.165) is 0 Å². The van der Waals surface area contributed by atoms with E-state index in [1.54, 1.807) is 50.1 Å². The summed E-state index contributed by atoms with van der Waals surface area (Å²) in [4.78, 5) is 13.8. The van der Waals surface area contributed by atoms with Gasteiger partial charge >= 0.3 is 0 Å². The Bertz CT molecular complexity index is 1090. The number of likely N-dealkylation sites (N-methyl/N-ethyl adjacent to an activating group) is 1. The van der Waals surface area contributed by atoms with Crippen LogP contribution in [0.2, 0.25) is 0 Å². The van der Waals surface area contributed by atoms with Crippen LogP contribution in [-0.4, -0.2) is 67.5 Å². The second kappa shape index (κ2) is 10.2. The zero-order valence-corrected chi connectivity index (χ0v) is 20.2. The van der Waals surface area contributed by atoms with Gasteiger partial charge in [-0.2, -0.15) is 4.31 Å². The van der Waals surface area contributed by atoms with Crippen molar-refractivity contribution in [1.82, 2.24) is 9.21 Å². The van der Waals surface area contributed by atoms with Gasteiger partial charge in [0.1, 0.15) is 22.6 Å². The number of fused-ring (bicyclic) bond motifs is 1. The van der Waals surface area contributed by atoms with Crippen LogP contribution >= 0.6 is 0 Å². The number of hydrogen-bond acceptors (Lipinski definition) is 5. The smallest absolute Gasteiger partial charge is 0.247 e. The highest BCUT2D eigenvalue weighted by molar-refractivity contribution is 7.89. The highest BCUT2D eigenvalue weighted by Gasteiger charge is 2.38. The molecule has 180 valence electrons. The fourth-order valence-electron chi connectivity index (χ4n) is 3.91. The summed E-state index contributed by atoms with van der Waals surface area (Å²) in [6.45, 7) is 5.41.